The highest BCUT2D eigenvalue weighted by atomic mass is 35.5. The van der Waals surface area contributed by atoms with Crippen molar-refractivity contribution in [2.45, 2.75) is 32.2 Å². The lowest BCUT2D eigenvalue weighted by molar-refractivity contribution is 0.281. The Kier molecular flexibility index (Phi) is 7.35. The van der Waals surface area contributed by atoms with Crippen molar-refractivity contribution in [3.8, 4) is 5.82 Å². The zero-order chi connectivity index (χ0) is 24.7. The maximum Gasteiger partial charge on any atom is 0.224 e. The van der Waals surface area contributed by atoms with E-state index in [9.17, 15) is 8.78 Å². The molecule has 2 aliphatic heterocycles. The first kappa shape index (κ1) is 25.7. The highest BCUT2D eigenvalue weighted by Crippen LogP contribution is 2.35. The zero-order valence-electron chi connectivity index (χ0n) is 20.7. The van der Waals surface area contributed by atoms with Crippen LogP contribution in [0.15, 0.2) is 36.7 Å². The minimum atomic E-state index is -0.511. The average Bonchev–Trinajstić information content (AvgIpc) is 3.18. The number of nitrogens with two attached hydrogens (primary N) is 1. The smallest absolute Gasteiger partial charge is 0.224 e. The topological polar surface area (TPSA) is 79.3 Å². The molecule has 0 radical (unpaired) electrons. The minimum absolute atomic E-state index is 0. The van der Waals surface area contributed by atoms with Crippen LogP contribution in [-0.4, -0.2) is 64.4 Å². The minimum Gasteiger partial charge on any atom is -0.374 e. The van der Waals surface area contributed by atoms with Crippen molar-refractivity contribution in [1.29, 1.82) is 0 Å². The molecule has 2 aromatic heterocycles. The number of hydrogen-bond donors (Lipinski definition) is 1. The highest BCUT2D eigenvalue weighted by Gasteiger charge is 2.32. The van der Waals surface area contributed by atoms with Crippen LogP contribution in [0, 0.1) is 18.6 Å². The van der Waals surface area contributed by atoms with E-state index < -0.39 is 11.6 Å². The summed E-state index contributed by atoms with van der Waals surface area (Å²) in [4.78, 5) is 14.9. The molecule has 0 saturated carbocycles. The molecule has 3 aromatic rings. The number of hydrogen-bond acceptors (Lipinski definition) is 7. The fourth-order valence-corrected chi connectivity index (χ4v) is 4.96. The lowest BCUT2D eigenvalue weighted by atomic mass is 9.93. The summed E-state index contributed by atoms with van der Waals surface area (Å²) >= 11 is 0. The Morgan fingerprint density at radius 3 is 2.75 bits per heavy atom. The Balaban J connectivity index is 0.00000304. The number of nitrogens with zero attached hydrogens (tertiary/aromatic N) is 7. The van der Waals surface area contributed by atoms with Crippen LogP contribution in [0.3, 0.4) is 0 Å². The van der Waals surface area contributed by atoms with Crippen molar-refractivity contribution >= 4 is 29.9 Å². The van der Waals surface area contributed by atoms with Gasteiger partial charge in [0.2, 0.25) is 5.95 Å². The molecule has 1 aromatic carbocycles. The molecule has 2 N–H and O–H groups in total. The molecule has 5 rings (SSSR count). The number of aromatic nitrogens is 4. The molecule has 1 atom stereocenters. The molecule has 0 bridgehead atoms. The van der Waals surface area contributed by atoms with Gasteiger partial charge in [0.15, 0.2) is 5.82 Å². The number of piperazine rings is 1. The number of anilines is 3. The van der Waals surface area contributed by atoms with Crippen molar-refractivity contribution in [2.75, 3.05) is 49.3 Å². The van der Waals surface area contributed by atoms with Crippen LogP contribution in [0.2, 0.25) is 0 Å². The molecule has 0 spiro atoms. The van der Waals surface area contributed by atoms with E-state index in [4.69, 9.17) is 5.73 Å². The number of benzene rings is 1. The second-order valence-corrected chi connectivity index (χ2v) is 9.36. The second kappa shape index (κ2) is 10.3. The van der Waals surface area contributed by atoms with Crippen LogP contribution in [-0.2, 0) is 12.8 Å². The van der Waals surface area contributed by atoms with Crippen molar-refractivity contribution < 1.29 is 8.78 Å². The first-order valence-electron chi connectivity index (χ1n) is 11.8. The normalized spacial score (nSPS) is 17.1. The fraction of sp³-hybridized carbons (Fsp3) is 0.400. The second-order valence-electron chi connectivity index (χ2n) is 9.36. The van der Waals surface area contributed by atoms with Crippen LogP contribution in [0.25, 0.3) is 5.82 Å². The zero-order valence-corrected chi connectivity index (χ0v) is 21.5. The summed E-state index contributed by atoms with van der Waals surface area (Å²) in [6, 6.07) is 4.57. The van der Waals surface area contributed by atoms with Crippen molar-refractivity contribution in [3.05, 3.63) is 65.1 Å². The van der Waals surface area contributed by atoms with E-state index in [1.165, 1.54) is 6.07 Å². The molecule has 8 nitrogen and oxygen atoms in total. The maximum absolute atomic E-state index is 14.2. The Bertz CT molecular complexity index is 1280. The molecule has 0 aliphatic carbocycles. The van der Waals surface area contributed by atoms with Gasteiger partial charge in [-0.3, -0.25) is 0 Å². The predicted molar refractivity (Wildman–Crippen MR) is 140 cm³/mol. The molecule has 1 unspecified atom stereocenters. The number of rotatable bonds is 5. The van der Waals surface area contributed by atoms with E-state index >= 15 is 0 Å². The van der Waals surface area contributed by atoms with Crippen molar-refractivity contribution in [2.24, 2.45) is 0 Å². The fourth-order valence-electron chi connectivity index (χ4n) is 4.96. The van der Waals surface area contributed by atoms with E-state index in [1.54, 1.807) is 4.68 Å². The summed E-state index contributed by atoms with van der Waals surface area (Å²) in [5.74, 6) is 0.619. The van der Waals surface area contributed by atoms with E-state index in [0.717, 1.165) is 55.6 Å². The average molecular weight is 517 g/mol. The standard InChI is InChI=1S/C25H30F2N8.ClH/c1-16-17(14-29-35(16)24-13-23(32(2)3)30-25(28)31-24)5-4-8-33-9-10-34-19(15-33)6-7-20-21(27)11-18(26)12-22(20)34;/h4,8,11-14,19H,5-7,9-10,15H2,1-3H3,(H2,28,30,31);1H/b8-4+;. The summed E-state index contributed by atoms with van der Waals surface area (Å²) < 4.78 is 29.8. The van der Waals surface area contributed by atoms with Gasteiger partial charge in [0.1, 0.15) is 17.5 Å². The molecule has 0 amide bonds. The van der Waals surface area contributed by atoms with Crippen LogP contribution in [0.5, 0.6) is 0 Å². The van der Waals surface area contributed by atoms with Crippen LogP contribution < -0.4 is 15.5 Å². The van der Waals surface area contributed by atoms with E-state index in [-0.39, 0.29) is 24.4 Å². The number of nitrogen functional groups attached to an aromatic ring is 1. The van der Waals surface area contributed by atoms with Crippen LogP contribution in [0.4, 0.5) is 26.2 Å². The Hall–Kier alpha value is -3.40. The van der Waals surface area contributed by atoms with Gasteiger partial charge in [0, 0.05) is 68.8 Å². The summed E-state index contributed by atoms with van der Waals surface area (Å²) in [5.41, 5.74) is 9.35. The molecule has 11 heteroatoms. The van der Waals surface area contributed by atoms with Gasteiger partial charge >= 0.3 is 0 Å². The van der Waals surface area contributed by atoms with Gasteiger partial charge in [-0.25, -0.2) is 13.5 Å². The summed E-state index contributed by atoms with van der Waals surface area (Å²) in [5, 5.41) is 4.52. The number of allylic oxidation sites excluding steroid dienone is 1. The van der Waals surface area contributed by atoms with Gasteiger partial charge in [-0.05, 0) is 44.0 Å². The molecular formula is C25H31ClF2N8. The summed E-state index contributed by atoms with van der Waals surface area (Å²) in [6.07, 6.45) is 8.36. The highest BCUT2D eigenvalue weighted by molar-refractivity contribution is 5.85. The largest absolute Gasteiger partial charge is 0.374 e. The van der Waals surface area contributed by atoms with Gasteiger partial charge in [0.25, 0.3) is 0 Å². The van der Waals surface area contributed by atoms with Crippen LogP contribution in [0.1, 0.15) is 23.2 Å². The van der Waals surface area contributed by atoms with Gasteiger partial charge < -0.3 is 20.4 Å². The van der Waals surface area contributed by atoms with E-state index in [2.05, 4.69) is 37.1 Å². The molecule has 36 heavy (non-hydrogen) atoms. The first-order valence-corrected chi connectivity index (χ1v) is 11.8. The SMILES string of the molecule is Cc1c(C/C=C/N2CCN3c4cc(F)cc(F)c4CCC3C2)cnn1-c1cc(N(C)C)nc(N)n1.Cl. The van der Waals surface area contributed by atoms with Crippen molar-refractivity contribution in [3.63, 3.8) is 0 Å². The Morgan fingerprint density at radius 1 is 1.17 bits per heavy atom. The molecular weight excluding hydrogens is 486 g/mol. The van der Waals surface area contributed by atoms with Gasteiger partial charge in [-0.2, -0.15) is 15.1 Å². The monoisotopic (exact) mass is 516 g/mol. The maximum atomic E-state index is 14.2. The van der Waals surface area contributed by atoms with Gasteiger partial charge in [0.05, 0.1) is 6.20 Å². The molecule has 4 heterocycles. The Labute approximate surface area is 215 Å². The summed E-state index contributed by atoms with van der Waals surface area (Å²) in [7, 11) is 3.81. The van der Waals surface area contributed by atoms with Crippen molar-refractivity contribution in [1.82, 2.24) is 24.6 Å². The quantitative estimate of drug-likeness (QED) is 0.556. The molecule has 1 fully saturated rings. The van der Waals surface area contributed by atoms with E-state index in [0.29, 0.717) is 23.5 Å². The molecule has 2 aliphatic rings. The lowest BCUT2D eigenvalue weighted by Gasteiger charge is -2.46. The summed E-state index contributed by atoms with van der Waals surface area (Å²) in [6.45, 7) is 4.39. The van der Waals surface area contributed by atoms with Gasteiger partial charge in [-0.15, -0.1) is 12.4 Å². The van der Waals surface area contributed by atoms with E-state index in [1.807, 2.05) is 38.2 Å². The predicted octanol–water partition coefficient (Wildman–Crippen LogP) is 3.51. The lowest BCUT2D eigenvalue weighted by Crippen LogP contribution is -2.53. The Morgan fingerprint density at radius 2 is 1.97 bits per heavy atom. The number of halogens is 3. The first-order chi connectivity index (χ1) is 16.8. The van der Waals surface area contributed by atoms with Gasteiger partial charge in [-0.1, -0.05) is 6.08 Å². The third-order valence-corrected chi connectivity index (χ3v) is 6.84. The third-order valence-electron chi connectivity index (χ3n) is 6.84. The number of fused-ring (bicyclic) bond motifs is 3. The third kappa shape index (κ3) is 4.95. The molecule has 1 saturated heterocycles. The van der Waals surface area contributed by atoms with Crippen LogP contribution >= 0.6 is 12.4 Å². The molecule has 192 valence electrons.